The van der Waals surface area contributed by atoms with Gasteiger partial charge in [0.15, 0.2) is 5.82 Å². The third kappa shape index (κ3) is 11.9. The van der Waals surface area contributed by atoms with Crippen LogP contribution in [0.5, 0.6) is 5.75 Å². The Labute approximate surface area is 426 Å². The van der Waals surface area contributed by atoms with E-state index >= 15 is 0 Å². The minimum atomic E-state index is -0.984. The van der Waals surface area contributed by atoms with E-state index in [1.54, 1.807) is 46.9 Å². The topological polar surface area (TPSA) is 189 Å². The van der Waals surface area contributed by atoms with E-state index in [1.807, 2.05) is 80.8 Å². The summed E-state index contributed by atoms with van der Waals surface area (Å²) in [4.78, 5) is 63.4. The number of anilines is 1. The Morgan fingerprint density at radius 2 is 1.68 bits per heavy atom. The van der Waals surface area contributed by atoms with Crippen LogP contribution in [0, 0.1) is 33.1 Å². The second-order valence-corrected chi connectivity index (χ2v) is 21.6. The number of nitrogens with one attached hydrogen (secondary N) is 3. The number of likely N-dealkylation sites (tertiary alicyclic amines) is 1. The first-order chi connectivity index (χ1) is 33.9. The fourth-order valence-electron chi connectivity index (χ4n) is 8.77. The van der Waals surface area contributed by atoms with Gasteiger partial charge in [-0.1, -0.05) is 74.8 Å². The highest BCUT2D eigenvalue weighted by Crippen LogP contribution is 2.40. The monoisotopic (exact) mass is 1020 g/mol. The number of ether oxygens (including phenoxy) is 2. The van der Waals surface area contributed by atoms with Gasteiger partial charge in [-0.3, -0.25) is 28.7 Å². The number of thiophene rings is 2. The number of aliphatic imine (C=N–C) groups is 1. The average Bonchev–Trinajstić information content (AvgIpc) is 4.10. The minimum absolute atomic E-state index is 0.00870. The lowest BCUT2D eigenvalue weighted by molar-refractivity contribution is -0.144. The maximum atomic E-state index is 14.1. The maximum Gasteiger partial charge on any atom is 0.246 e. The molecule has 0 unspecified atom stereocenters. The normalized spacial score (nSPS) is 16.9. The number of aliphatic hydroxyl groups is 1. The Morgan fingerprint density at radius 3 is 2.39 bits per heavy atom. The molecule has 8 rings (SSSR count). The number of halogens is 1. The number of β-amino-alcohol motifs (C(OH)–C–C–N with tert-alkyl or cyclic N) is 1. The van der Waals surface area contributed by atoms with Crippen molar-refractivity contribution in [1.29, 1.82) is 0 Å². The summed E-state index contributed by atoms with van der Waals surface area (Å²) in [5, 5.41) is 31.9. The van der Waals surface area contributed by atoms with E-state index in [-0.39, 0.29) is 57.6 Å². The zero-order valence-corrected chi connectivity index (χ0v) is 43.3. The van der Waals surface area contributed by atoms with Gasteiger partial charge in [0.25, 0.3) is 0 Å². The van der Waals surface area contributed by atoms with Crippen LogP contribution in [0.15, 0.2) is 89.2 Å². The number of benzene rings is 3. The van der Waals surface area contributed by atoms with E-state index in [0.29, 0.717) is 34.5 Å². The van der Waals surface area contributed by atoms with E-state index in [2.05, 4.69) is 58.4 Å². The lowest BCUT2D eigenvalue weighted by atomic mass is 9.85. The molecular weight excluding hydrogens is 960 g/mol. The Kier molecular flexibility index (Phi) is 15.9. The van der Waals surface area contributed by atoms with Gasteiger partial charge in [0.2, 0.25) is 23.6 Å². The first kappa shape index (κ1) is 51.1. The number of aromatic nitrogens is 3. The van der Waals surface area contributed by atoms with E-state index in [9.17, 15) is 24.3 Å². The van der Waals surface area contributed by atoms with Crippen LogP contribution < -0.4 is 20.7 Å². The molecule has 2 aliphatic rings. The van der Waals surface area contributed by atoms with Crippen LogP contribution in [0.2, 0.25) is 5.02 Å². The number of amides is 4. The van der Waals surface area contributed by atoms with E-state index in [0.717, 1.165) is 43.4 Å². The lowest BCUT2D eigenvalue weighted by Crippen LogP contribution is -2.58. The van der Waals surface area contributed by atoms with Gasteiger partial charge in [-0.15, -0.1) is 32.9 Å². The summed E-state index contributed by atoms with van der Waals surface area (Å²) in [6.07, 6.45) is -0.331. The Bertz CT molecular complexity index is 2940. The first-order valence-corrected chi connectivity index (χ1v) is 25.7. The largest absolute Gasteiger partial charge is 0.493 e. The van der Waals surface area contributed by atoms with Crippen molar-refractivity contribution in [2.24, 2.45) is 10.4 Å². The van der Waals surface area contributed by atoms with Gasteiger partial charge in [-0.25, -0.2) is 0 Å². The summed E-state index contributed by atoms with van der Waals surface area (Å²) < 4.78 is 13.7. The second kappa shape index (κ2) is 22.0. The molecule has 4 atom stereocenters. The summed E-state index contributed by atoms with van der Waals surface area (Å²) in [5.41, 5.74) is 6.78. The number of nitrogens with zero attached hydrogens (tertiary/aromatic N) is 5. The fraction of sp³-hybridized carbons (Fsp3) is 0.377. The van der Waals surface area contributed by atoms with Crippen molar-refractivity contribution in [3.63, 3.8) is 0 Å². The second-order valence-electron chi connectivity index (χ2n) is 19.0. The van der Waals surface area contributed by atoms with Crippen molar-refractivity contribution < 1.29 is 33.8 Å². The van der Waals surface area contributed by atoms with E-state index in [1.165, 1.54) is 15.3 Å². The number of carbonyl (C=O) groups excluding carboxylic acids is 4. The van der Waals surface area contributed by atoms with Crippen molar-refractivity contribution in [2.45, 2.75) is 98.5 Å². The number of hydrogen-bond acceptors (Lipinski definition) is 12. The predicted molar refractivity (Wildman–Crippen MR) is 278 cm³/mol. The lowest BCUT2D eigenvalue weighted by Gasteiger charge is -2.35. The number of rotatable bonds is 17. The highest BCUT2D eigenvalue weighted by Gasteiger charge is 2.44. The number of aliphatic hydroxyl groups excluding tert-OH is 1. The summed E-state index contributed by atoms with van der Waals surface area (Å²) in [7, 11) is 0. The summed E-state index contributed by atoms with van der Waals surface area (Å²) in [5.74, 6) is 0.247. The standard InChI is InChI=1S/C53H59ClN8O7S2/c1-30-20-23-70-47(30)36-14-12-34(13-15-36)27-55-50(66)42-25-39(63)28-61(42)51(67)48(53(5,6)7)58-44(65)29-68-21-9-22-69-40-11-8-10-38(24-40)56-43(64)26-41-49-60-59-33(4)62(49)52-45(31(2)32(3)71-52)46(57-41)35-16-18-37(54)19-17-35/h8,10-20,23-24,39,41-42,48,63H,9,21-22,25-29H2,1-7H3,(H,55,66)(H,56,64)(H,58,65)/t39-,41+,42+,48-/m1/s1. The molecule has 15 nitrogen and oxygen atoms in total. The van der Waals surface area contributed by atoms with Crippen LogP contribution in [0.4, 0.5) is 5.69 Å². The average molecular weight is 1020 g/mol. The van der Waals surface area contributed by atoms with Gasteiger partial charge in [-0.2, -0.15) is 0 Å². The predicted octanol–water partition coefficient (Wildman–Crippen LogP) is 8.46. The Morgan fingerprint density at radius 1 is 0.930 bits per heavy atom. The zero-order valence-electron chi connectivity index (χ0n) is 40.9. The van der Waals surface area contributed by atoms with Crippen LogP contribution in [-0.4, -0.2) is 98.7 Å². The fourth-order valence-corrected chi connectivity index (χ4v) is 11.0. The molecule has 0 bridgehead atoms. The number of fused-ring (bicyclic) bond motifs is 3. The van der Waals surface area contributed by atoms with E-state index in [4.69, 9.17) is 26.1 Å². The van der Waals surface area contributed by atoms with Crippen LogP contribution in [0.25, 0.3) is 15.4 Å². The molecule has 3 aromatic carbocycles. The highest BCUT2D eigenvalue weighted by atomic mass is 35.5. The molecule has 0 aliphatic carbocycles. The molecule has 0 saturated carbocycles. The molecule has 2 aliphatic heterocycles. The zero-order chi connectivity index (χ0) is 50.6. The van der Waals surface area contributed by atoms with Crippen LogP contribution in [0.3, 0.4) is 0 Å². The van der Waals surface area contributed by atoms with E-state index < -0.39 is 41.5 Å². The molecule has 0 radical (unpaired) electrons. The summed E-state index contributed by atoms with van der Waals surface area (Å²) in [6, 6.07) is 22.2. The van der Waals surface area contributed by atoms with Crippen molar-refractivity contribution >= 4 is 69.3 Å². The molecule has 4 N–H and O–H groups in total. The van der Waals surface area contributed by atoms with Gasteiger partial charge in [0.05, 0.1) is 31.5 Å². The van der Waals surface area contributed by atoms with Gasteiger partial charge in [0, 0.05) is 63.6 Å². The van der Waals surface area contributed by atoms with Crippen LogP contribution in [-0.2, 0) is 30.5 Å². The smallest absolute Gasteiger partial charge is 0.246 e. The molecule has 5 heterocycles. The van der Waals surface area contributed by atoms with Gasteiger partial charge < -0.3 is 35.4 Å². The van der Waals surface area contributed by atoms with Gasteiger partial charge >= 0.3 is 0 Å². The number of hydrogen-bond donors (Lipinski definition) is 4. The summed E-state index contributed by atoms with van der Waals surface area (Å²) >= 11 is 9.59. The Balaban J connectivity index is 0.805. The van der Waals surface area contributed by atoms with Crippen molar-refractivity contribution in [1.82, 2.24) is 30.3 Å². The third-order valence-electron chi connectivity index (χ3n) is 12.6. The molecule has 18 heteroatoms. The molecule has 0 spiro atoms. The SMILES string of the molecule is Cc1ccsc1-c1ccc(CNC(=O)[C@@H]2C[C@@H](O)CN2C(=O)[C@@H](NC(=O)COCCCOc2cccc(NC(=O)C[C@@H]3N=C(c4ccc(Cl)cc4)c4c(sc(C)c4C)-n4c(C)nnc43)c2)C(C)(C)C)cc1. The summed E-state index contributed by atoms with van der Waals surface area (Å²) in [6.45, 7) is 14.0. The molecule has 372 valence electrons. The molecule has 1 fully saturated rings. The van der Waals surface area contributed by atoms with Crippen molar-refractivity contribution in [3.05, 3.63) is 134 Å². The quantitative estimate of drug-likeness (QED) is 0.0650. The third-order valence-corrected chi connectivity index (χ3v) is 15.1. The van der Waals surface area contributed by atoms with Crippen molar-refractivity contribution in [3.8, 4) is 21.2 Å². The van der Waals surface area contributed by atoms with Gasteiger partial charge in [0.1, 0.15) is 41.3 Å². The molecule has 71 heavy (non-hydrogen) atoms. The van der Waals surface area contributed by atoms with Crippen molar-refractivity contribution in [2.75, 3.05) is 31.7 Å². The highest BCUT2D eigenvalue weighted by molar-refractivity contribution is 7.15. The number of aryl methyl sites for hydroxylation is 3. The van der Waals surface area contributed by atoms with Crippen LogP contribution >= 0.6 is 34.3 Å². The number of carbonyl (C=O) groups is 4. The minimum Gasteiger partial charge on any atom is -0.493 e. The molecular formula is C53H59ClN8O7S2. The maximum absolute atomic E-state index is 14.1. The van der Waals surface area contributed by atoms with Gasteiger partial charge in [-0.05, 0) is 91.1 Å². The molecule has 3 aromatic heterocycles. The van der Waals surface area contributed by atoms with Crippen LogP contribution in [0.1, 0.15) is 90.4 Å². The Hall–Kier alpha value is -6.24. The molecule has 6 aromatic rings. The molecule has 1 saturated heterocycles. The molecule has 4 amide bonds. The first-order valence-electron chi connectivity index (χ1n) is 23.6.